The summed E-state index contributed by atoms with van der Waals surface area (Å²) in [5.74, 6) is 0. The summed E-state index contributed by atoms with van der Waals surface area (Å²) in [5.41, 5.74) is 0. The number of nitrogens with one attached hydrogen (secondary N) is 1. The van der Waals surface area contributed by atoms with E-state index in [4.69, 9.17) is 0 Å². The lowest BCUT2D eigenvalue weighted by Crippen LogP contribution is -2.36. The fourth-order valence-corrected chi connectivity index (χ4v) is 1.70. The molecule has 4 nitrogen and oxygen atoms in total. The third-order valence-corrected chi connectivity index (χ3v) is 2.40. The molecule has 70 valence electrons. The number of carbonyl (C=O) groups is 1. The van der Waals surface area contributed by atoms with Gasteiger partial charge in [-0.15, -0.1) is 0 Å². The Morgan fingerprint density at radius 3 is 2.85 bits per heavy atom. The van der Waals surface area contributed by atoms with Gasteiger partial charge in [0.25, 0.3) is 0 Å². The molecule has 13 heavy (non-hydrogen) atoms. The summed E-state index contributed by atoms with van der Waals surface area (Å²) < 4.78 is 1.33. The van der Waals surface area contributed by atoms with Crippen LogP contribution in [0.15, 0.2) is 18.5 Å². The van der Waals surface area contributed by atoms with Gasteiger partial charge in [-0.1, -0.05) is 12.8 Å². The van der Waals surface area contributed by atoms with Crippen molar-refractivity contribution in [1.82, 2.24) is 15.1 Å². The van der Waals surface area contributed by atoms with Crippen molar-refractivity contribution in [1.29, 1.82) is 0 Å². The first-order chi connectivity index (χ1) is 6.36. The molecule has 1 heterocycles. The van der Waals surface area contributed by atoms with Crippen molar-refractivity contribution in [3.8, 4) is 0 Å². The molecule has 1 N–H and O–H groups in total. The van der Waals surface area contributed by atoms with E-state index in [0.717, 1.165) is 12.8 Å². The molecule has 2 rings (SSSR count). The summed E-state index contributed by atoms with van der Waals surface area (Å²) in [7, 11) is 0. The lowest BCUT2D eigenvalue weighted by atomic mass is 10.3. The lowest BCUT2D eigenvalue weighted by Gasteiger charge is -2.10. The van der Waals surface area contributed by atoms with E-state index in [2.05, 4.69) is 10.4 Å². The van der Waals surface area contributed by atoms with Gasteiger partial charge in [0.15, 0.2) is 0 Å². The molecule has 0 atom stereocenters. The molecule has 1 aliphatic rings. The zero-order valence-electron chi connectivity index (χ0n) is 7.44. The van der Waals surface area contributed by atoms with Crippen molar-refractivity contribution in [2.75, 3.05) is 0 Å². The van der Waals surface area contributed by atoms with Gasteiger partial charge in [0.05, 0.1) is 0 Å². The average Bonchev–Trinajstić information content (AvgIpc) is 2.74. The molecule has 0 aromatic carbocycles. The second kappa shape index (κ2) is 3.60. The average molecular weight is 179 g/mol. The molecule has 4 heteroatoms. The quantitative estimate of drug-likeness (QED) is 0.708. The normalized spacial score (nSPS) is 17.5. The Morgan fingerprint density at radius 2 is 2.23 bits per heavy atom. The van der Waals surface area contributed by atoms with E-state index in [1.807, 2.05) is 0 Å². The number of rotatable bonds is 1. The van der Waals surface area contributed by atoms with Crippen molar-refractivity contribution in [2.45, 2.75) is 31.7 Å². The molecule has 0 spiro atoms. The van der Waals surface area contributed by atoms with Crippen LogP contribution in [0.3, 0.4) is 0 Å². The van der Waals surface area contributed by atoms with Crippen LogP contribution in [0.2, 0.25) is 0 Å². The smallest absolute Gasteiger partial charge is 0.333 e. The van der Waals surface area contributed by atoms with Crippen LogP contribution < -0.4 is 5.32 Å². The van der Waals surface area contributed by atoms with Crippen LogP contribution in [0.25, 0.3) is 0 Å². The second-order valence-corrected chi connectivity index (χ2v) is 3.38. The minimum absolute atomic E-state index is 0.114. The maximum absolute atomic E-state index is 11.5. The Morgan fingerprint density at radius 1 is 1.46 bits per heavy atom. The largest absolute Gasteiger partial charge is 0.342 e. The number of nitrogens with zero attached hydrogens (tertiary/aromatic N) is 2. The van der Waals surface area contributed by atoms with Crippen LogP contribution in [0.4, 0.5) is 4.79 Å². The number of hydrogen-bond acceptors (Lipinski definition) is 2. The molecule has 1 saturated carbocycles. The molecule has 1 aliphatic carbocycles. The molecule has 0 unspecified atom stereocenters. The monoisotopic (exact) mass is 179 g/mol. The maximum atomic E-state index is 11.5. The standard InChI is InChI=1S/C9H13N3O/c13-9(12-7-3-6-10-12)11-8-4-1-2-5-8/h3,6-8H,1-2,4-5H2,(H,11,13). The third-order valence-electron chi connectivity index (χ3n) is 2.40. The molecule has 1 aromatic heterocycles. The number of amides is 1. The fourth-order valence-electron chi connectivity index (χ4n) is 1.70. The molecule has 0 aliphatic heterocycles. The zero-order valence-corrected chi connectivity index (χ0v) is 7.44. The third kappa shape index (κ3) is 1.88. The van der Waals surface area contributed by atoms with E-state index < -0.39 is 0 Å². The van der Waals surface area contributed by atoms with Crippen molar-refractivity contribution < 1.29 is 4.79 Å². The molecule has 0 radical (unpaired) electrons. The van der Waals surface area contributed by atoms with E-state index in [0.29, 0.717) is 6.04 Å². The molecule has 0 saturated heterocycles. The Labute approximate surface area is 76.9 Å². The first kappa shape index (κ1) is 8.29. The molecule has 1 fully saturated rings. The summed E-state index contributed by atoms with van der Waals surface area (Å²) >= 11 is 0. The zero-order chi connectivity index (χ0) is 9.10. The van der Waals surface area contributed by atoms with Crippen LogP contribution in [-0.4, -0.2) is 21.9 Å². The summed E-state index contributed by atoms with van der Waals surface area (Å²) in [6, 6.07) is 1.99. The molecular formula is C9H13N3O. The topological polar surface area (TPSA) is 46.9 Å². The Bertz CT molecular complexity index is 275. The number of hydrogen-bond donors (Lipinski definition) is 1. The van der Waals surface area contributed by atoms with Crippen molar-refractivity contribution in [2.24, 2.45) is 0 Å². The van der Waals surface area contributed by atoms with Gasteiger partial charge in [-0.2, -0.15) is 9.78 Å². The predicted molar refractivity (Wildman–Crippen MR) is 48.4 cm³/mol. The maximum Gasteiger partial charge on any atom is 0.342 e. The Balaban J connectivity index is 1.91. The first-order valence-corrected chi connectivity index (χ1v) is 4.67. The summed E-state index contributed by atoms with van der Waals surface area (Å²) in [5, 5.41) is 6.81. The lowest BCUT2D eigenvalue weighted by molar-refractivity contribution is 0.236. The van der Waals surface area contributed by atoms with E-state index in [-0.39, 0.29) is 6.03 Å². The highest BCUT2D eigenvalue weighted by Crippen LogP contribution is 2.17. The summed E-state index contributed by atoms with van der Waals surface area (Å²) in [6.45, 7) is 0. The van der Waals surface area contributed by atoms with Gasteiger partial charge in [0, 0.05) is 18.4 Å². The summed E-state index contributed by atoms with van der Waals surface area (Å²) in [4.78, 5) is 11.5. The van der Waals surface area contributed by atoms with Crippen molar-refractivity contribution in [3.63, 3.8) is 0 Å². The van der Waals surface area contributed by atoms with Crippen LogP contribution in [-0.2, 0) is 0 Å². The predicted octanol–water partition coefficient (Wildman–Crippen LogP) is 1.38. The van der Waals surface area contributed by atoms with E-state index in [1.165, 1.54) is 17.5 Å². The van der Waals surface area contributed by atoms with Gasteiger partial charge in [0.1, 0.15) is 0 Å². The highest BCUT2D eigenvalue weighted by Gasteiger charge is 2.17. The molecule has 0 bridgehead atoms. The van der Waals surface area contributed by atoms with E-state index in [9.17, 15) is 4.79 Å². The SMILES string of the molecule is O=C(NC1CCCC1)n1cccn1. The minimum atomic E-state index is -0.114. The van der Waals surface area contributed by atoms with Crippen molar-refractivity contribution >= 4 is 6.03 Å². The number of aromatic nitrogens is 2. The number of carbonyl (C=O) groups excluding carboxylic acids is 1. The van der Waals surface area contributed by atoms with Crippen LogP contribution in [0.5, 0.6) is 0 Å². The van der Waals surface area contributed by atoms with Crippen LogP contribution in [0, 0.1) is 0 Å². The van der Waals surface area contributed by atoms with Gasteiger partial charge in [-0.05, 0) is 18.9 Å². The molecule has 1 aromatic rings. The highest BCUT2D eigenvalue weighted by atomic mass is 16.2. The second-order valence-electron chi connectivity index (χ2n) is 3.38. The van der Waals surface area contributed by atoms with E-state index >= 15 is 0 Å². The van der Waals surface area contributed by atoms with Gasteiger partial charge in [-0.3, -0.25) is 0 Å². The Hall–Kier alpha value is -1.32. The molecule has 1 amide bonds. The fraction of sp³-hybridized carbons (Fsp3) is 0.556. The van der Waals surface area contributed by atoms with E-state index in [1.54, 1.807) is 18.5 Å². The highest BCUT2D eigenvalue weighted by molar-refractivity contribution is 5.75. The van der Waals surface area contributed by atoms with Gasteiger partial charge in [0.2, 0.25) is 0 Å². The van der Waals surface area contributed by atoms with Gasteiger partial charge < -0.3 is 5.32 Å². The Kier molecular flexibility index (Phi) is 2.29. The minimum Gasteiger partial charge on any atom is -0.333 e. The van der Waals surface area contributed by atoms with Gasteiger partial charge >= 0.3 is 6.03 Å². The first-order valence-electron chi connectivity index (χ1n) is 4.67. The molecular weight excluding hydrogens is 166 g/mol. The summed E-state index contributed by atoms with van der Waals surface area (Å²) in [6.07, 6.45) is 7.92. The van der Waals surface area contributed by atoms with Gasteiger partial charge in [-0.25, -0.2) is 4.79 Å². The van der Waals surface area contributed by atoms with Crippen molar-refractivity contribution in [3.05, 3.63) is 18.5 Å². The van der Waals surface area contributed by atoms with Crippen LogP contribution in [0.1, 0.15) is 25.7 Å². The van der Waals surface area contributed by atoms with Crippen LogP contribution >= 0.6 is 0 Å².